The molecule has 1 unspecified atom stereocenters. The van der Waals surface area contributed by atoms with Gasteiger partial charge in [-0.3, -0.25) is 9.78 Å². The van der Waals surface area contributed by atoms with Crippen molar-refractivity contribution in [3.05, 3.63) is 70.8 Å². The molecule has 2 aromatic heterocycles. The molecule has 3 aromatic rings. The molecule has 2 heterocycles. The maximum atomic E-state index is 13.4. The Morgan fingerprint density at radius 1 is 1.27 bits per heavy atom. The molecule has 0 fully saturated rings. The predicted molar refractivity (Wildman–Crippen MR) is 99.3 cm³/mol. The second-order valence-electron chi connectivity index (χ2n) is 6.00. The standard InChI is InChI=1S/C19H15ClF3N3O4/c1-28-16-7-12(20)4-5-15(16)29-10-13-8-14(26-30-13)18(27)25-17(19(21,22)23)11-3-2-6-24-9-11/h2-9,17H,10H2,1H3,(H,25,27). The molecule has 0 bridgehead atoms. The van der Waals surface area contributed by atoms with E-state index in [0.717, 1.165) is 6.20 Å². The first-order valence-electron chi connectivity index (χ1n) is 8.47. The first-order valence-corrected chi connectivity index (χ1v) is 8.85. The summed E-state index contributed by atoms with van der Waals surface area (Å²) < 4.78 is 55.8. The summed E-state index contributed by atoms with van der Waals surface area (Å²) in [6.07, 6.45) is -2.36. The van der Waals surface area contributed by atoms with Crippen LogP contribution in [0.15, 0.2) is 53.3 Å². The molecular weight excluding hydrogens is 427 g/mol. The fraction of sp³-hybridized carbons (Fsp3) is 0.211. The highest BCUT2D eigenvalue weighted by atomic mass is 35.5. The number of alkyl halides is 3. The predicted octanol–water partition coefficient (Wildman–Crippen LogP) is 4.34. The molecule has 11 heteroatoms. The summed E-state index contributed by atoms with van der Waals surface area (Å²) in [4.78, 5) is 15.9. The highest BCUT2D eigenvalue weighted by Gasteiger charge is 2.42. The van der Waals surface area contributed by atoms with Crippen molar-refractivity contribution < 1.29 is 32.0 Å². The van der Waals surface area contributed by atoms with Crippen LogP contribution in [0.4, 0.5) is 13.2 Å². The first kappa shape index (κ1) is 21.4. The van der Waals surface area contributed by atoms with E-state index in [1.807, 2.05) is 5.32 Å². The van der Waals surface area contributed by atoms with Crippen molar-refractivity contribution in [1.29, 1.82) is 0 Å². The third-order valence-corrected chi connectivity index (χ3v) is 4.14. The summed E-state index contributed by atoms with van der Waals surface area (Å²) in [5.74, 6) is -0.190. The third-order valence-electron chi connectivity index (χ3n) is 3.91. The number of aromatic nitrogens is 2. The number of nitrogens with zero attached hydrogens (tertiary/aromatic N) is 2. The minimum absolute atomic E-state index is 0.127. The van der Waals surface area contributed by atoms with Crippen molar-refractivity contribution in [2.75, 3.05) is 7.11 Å². The van der Waals surface area contributed by atoms with E-state index < -0.39 is 18.1 Å². The Bertz CT molecular complexity index is 1010. The van der Waals surface area contributed by atoms with Gasteiger partial charge in [0.05, 0.1) is 7.11 Å². The minimum Gasteiger partial charge on any atom is -0.493 e. The van der Waals surface area contributed by atoms with Crippen LogP contribution in [0.1, 0.15) is 27.9 Å². The number of rotatable bonds is 7. The number of benzene rings is 1. The number of amides is 1. The van der Waals surface area contributed by atoms with E-state index in [1.54, 1.807) is 18.2 Å². The lowest BCUT2D eigenvalue weighted by Crippen LogP contribution is -2.38. The molecule has 30 heavy (non-hydrogen) atoms. The number of pyridine rings is 1. The molecule has 1 aromatic carbocycles. The van der Waals surface area contributed by atoms with Crippen LogP contribution in [0.25, 0.3) is 0 Å². The lowest BCUT2D eigenvalue weighted by atomic mass is 10.1. The van der Waals surface area contributed by atoms with Gasteiger partial charge in [0.2, 0.25) is 0 Å². The number of carbonyl (C=O) groups is 1. The number of hydrogen-bond acceptors (Lipinski definition) is 6. The van der Waals surface area contributed by atoms with Crippen molar-refractivity contribution in [2.45, 2.75) is 18.8 Å². The molecule has 0 spiro atoms. The van der Waals surface area contributed by atoms with Crippen molar-refractivity contribution in [1.82, 2.24) is 15.5 Å². The van der Waals surface area contributed by atoms with Crippen LogP contribution in [0.2, 0.25) is 5.02 Å². The highest BCUT2D eigenvalue weighted by molar-refractivity contribution is 6.30. The first-order chi connectivity index (χ1) is 14.3. The number of nitrogens with one attached hydrogen (secondary N) is 1. The molecule has 1 N–H and O–H groups in total. The number of carbonyl (C=O) groups excluding carboxylic acids is 1. The van der Waals surface area contributed by atoms with Crippen LogP contribution in [0.3, 0.4) is 0 Å². The number of ether oxygens (including phenoxy) is 2. The fourth-order valence-corrected chi connectivity index (χ4v) is 2.67. The van der Waals surface area contributed by atoms with Gasteiger partial charge in [-0.1, -0.05) is 22.8 Å². The van der Waals surface area contributed by atoms with E-state index in [4.69, 9.17) is 25.6 Å². The van der Waals surface area contributed by atoms with E-state index in [2.05, 4.69) is 10.1 Å². The maximum absolute atomic E-state index is 13.4. The summed E-state index contributed by atoms with van der Waals surface area (Å²) in [6, 6.07) is 6.22. The molecule has 0 radical (unpaired) electrons. The smallest absolute Gasteiger partial charge is 0.412 e. The second kappa shape index (κ2) is 9.04. The zero-order valence-electron chi connectivity index (χ0n) is 15.4. The molecule has 3 rings (SSSR count). The van der Waals surface area contributed by atoms with Crippen LogP contribution in [-0.4, -0.2) is 29.3 Å². The minimum atomic E-state index is -4.72. The average Bonchev–Trinajstić information content (AvgIpc) is 3.19. The number of methoxy groups -OCH3 is 1. The Balaban J connectivity index is 1.68. The van der Waals surface area contributed by atoms with Gasteiger partial charge in [0.1, 0.15) is 6.61 Å². The van der Waals surface area contributed by atoms with Gasteiger partial charge >= 0.3 is 6.18 Å². The van der Waals surface area contributed by atoms with Crippen LogP contribution < -0.4 is 14.8 Å². The van der Waals surface area contributed by atoms with Crippen molar-refractivity contribution in [3.63, 3.8) is 0 Å². The molecule has 7 nitrogen and oxygen atoms in total. The van der Waals surface area contributed by atoms with Gasteiger partial charge in [-0.25, -0.2) is 0 Å². The molecule has 0 saturated carbocycles. The van der Waals surface area contributed by atoms with Crippen molar-refractivity contribution in [2.24, 2.45) is 0 Å². The molecule has 1 amide bonds. The molecule has 0 saturated heterocycles. The molecule has 0 aliphatic carbocycles. The third kappa shape index (κ3) is 5.20. The van der Waals surface area contributed by atoms with Crippen LogP contribution in [-0.2, 0) is 6.61 Å². The summed E-state index contributed by atoms with van der Waals surface area (Å²) in [7, 11) is 1.44. The summed E-state index contributed by atoms with van der Waals surface area (Å²) >= 11 is 5.88. The average molecular weight is 442 g/mol. The van der Waals surface area contributed by atoms with E-state index >= 15 is 0 Å². The highest BCUT2D eigenvalue weighted by Crippen LogP contribution is 2.33. The van der Waals surface area contributed by atoms with Crippen LogP contribution in [0, 0.1) is 0 Å². The Labute approximate surface area is 173 Å². The SMILES string of the molecule is COc1cc(Cl)ccc1OCc1cc(C(=O)NC(c2cccnc2)C(F)(F)F)no1. The summed E-state index contributed by atoms with van der Waals surface area (Å²) in [5, 5.41) is 5.86. The topological polar surface area (TPSA) is 86.5 Å². The zero-order chi connectivity index (χ0) is 21.7. The largest absolute Gasteiger partial charge is 0.493 e. The number of halogens is 4. The van der Waals surface area contributed by atoms with Crippen LogP contribution in [0.5, 0.6) is 11.5 Å². The lowest BCUT2D eigenvalue weighted by molar-refractivity contribution is -0.155. The van der Waals surface area contributed by atoms with Gasteiger partial charge in [-0.15, -0.1) is 0 Å². The Kier molecular flexibility index (Phi) is 6.46. The second-order valence-corrected chi connectivity index (χ2v) is 6.43. The Hall–Kier alpha value is -3.27. The molecule has 0 aliphatic rings. The maximum Gasteiger partial charge on any atom is 0.412 e. The molecule has 0 aliphatic heterocycles. The van der Waals surface area contributed by atoms with Crippen LogP contribution >= 0.6 is 11.6 Å². The van der Waals surface area contributed by atoms with Gasteiger partial charge in [-0.05, 0) is 18.2 Å². The molecule has 1 atom stereocenters. The van der Waals surface area contributed by atoms with E-state index in [0.29, 0.717) is 16.5 Å². The zero-order valence-corrected chi connectivity index (χ0v) is 16.2. The van der Waals surface area contributed by atoms with E-state index in [1.165, 1.54) is 31.5 Å². The monoisotopic (exact) mass is 441 g/mol. The summed E-state index contributed by atoms with van der Waals surface area (Å²) in [6.45, 7) is -0.135. The fourth-order valence-electron chi connectivity index (χ4n) is 2.50. The lowest BCUT2D eigenvalue weighted by Gasteiger charge is -2.21. The normalized spacial score (nSPS) is 12.3. The van der Waals surface area contributed by atoms with Gasteiger partial charge in [0, 0.05) is 35.1 Å². The Morgan fingerprint density at radius 3 is 2.73 bits per heavy atom. The molecular formula is C19H15ClF3N3O4. The van der Waals surface area contributed by atoms with E-state index in [9.17, 15) is 18.0 Å². The van der Waals surface area contributed by atoms with Gasteiger partial charge in [0.25, 0.3) is 5.91 Å². The number of hydrogen-bond donors (Lipinski definition) is 1. The van der Waals surface area contributed by atoms with Crippen molar-refractivity contribution in [3.8, 4) is 11.5 Å². The Morgan fingerprint density at radius 2 is 2.07 bits per heavy atom. The van der Waals surface area contributed by atoms with Gasteiger partial charge < -0.3 is 19.3 Å². The molecule has 158 valence electrons. The quantitative estimate of drug-likeness (QED) is 0.587. The van der Waals surface area contributed by atoms with Crippen molar-refractivity contribution >= 4 is 17.5 Å². The van der Waals surface area contributed by atoms with Gasteiger partial charge in [0.15, 0.2) is 29.0 Å². The summed E-state index contributed by atoms with van der Waals surface area (Å²) in [5.41, 5.74) is -0.532. The van der Waals surface area contributed by atoms with Gasteiger partial charge in [-0.2, -0.15) is 13.2 Å². The van der Waals surface area contributed by atoms with E-state index in [-0.39, 0.29) is 23.6 Å².